The quantitative estimate of drug-likeness (QED) is 0.820. The second-order valence-electron chi connectivity index (χ2n) is 7.92. The summed E-state index contributed by atoms with van der Waals surface area (Å²) in [6.07, 6.45) is 1.89. The van der Waals surface area contributed by atoms with Crippen LogP contribution in [0.3, 0.4) is 0 Å². The number of sulfonamides is 1. The van der Waals surface area contributed by atoms with E-state index < -0.39 is 21.9 Å². The molecule has 2 aliphatic heterocycles. The summed E-state index contributed by atoms with van der Waals surface area (Å²) in [5, 5.41) is 0. The fraction of sp³-hybridized carbons (Fsp3) is 0.500. The highest BCUT2D eigenvalue weighted by atomic mass is 32.2. The van der Waals surface area contributed by atoms with Crippen molar-refractivity contribution in [3.63, 3.8) is 0 Å². The van der Waals surface area contributed by atoms with Gasteiger partial charge < -0.3 is 4.98 Å². The lowest BCUT2D eigenvalue weighted by Crippen LogP contribution is -2.40. The summed E-state index contributed by atoms with van der Waals surface area (Å²) < 4.78 is 40.8. The molecule has 0 bridgehead atoms. The molecule has 2 aliphatic rings. The molecular formula is C20H25FN4O3S. The van der Waals surface area contributed by atoms with E-state index in [-0.39, 0.29) is 10.5 Å². The maximum atomic E-state index is 13.2. The fourth-order valence-corrected chi connectivity index (χ4v) is 5.78. The van der Waals surface area contributed by atoms with Gasteiger partial charge in [0.2, 0.25) is 10.0 Å². The molecule has 1 saturated heterocycles. The summed E-state index contributed by atoms with van der Waals surface area (Å²) in [4.78, 5) is 22.5. The number of hydrogen-bond acceptors (Lipinski definition) is 5. The van der Waals surface area contributed by atoms with Crippen LogP contribution in [0.4, 0.5) is 4.39 Å². The predicted molar refractivity (Wildman–Crippen MR) is 106 cm³/mol. The average Bonchev–Trinajstić information content (AvgIpc) is 3.18. The van der Waals surface area contributed by atoms with E-state index in [0.29, 0.717) is 49.8 Å². The summed E-state index contributed by atoms with van der Waals surface area (Å²) in [6.45, 7) is 5.94. The first-order chi connectivity index (χ1) is 13.8. The third-order valence-corrected chi connectivity index (χ3v) is 7.71. The van der Waals surface area contributed by atoms with Crippen LogP contribution >= 0.6 is 0 Å². The second-order valence-corrected chi connectivity index (χ2v) is 9.81. The number of rotatable bonds is 4. The number of benzene rings is 1. The van der Waals surface area contributed by atoms with Gasteiger partial charge in [-0.1, -0.05) is 0 Å². The molecule has 3 heterocycles. The summed E-state index contributed by atoms with van der Waals surface area (Å²) >= 11 is 0. The third-order valence-electron chi connectivity index (χ3n) is 5.79. The van der Waals surface area contributed by atoms with Crippen LogP contribution in [0, 0.1) is 5.82 Å². The zero-order valence-corrected chi connectivity index (χ0v) is 17.4. The van der Waals surface area contributed by atoms with Crippen LogP contribution in [0.1, 0.15) is 49.8 Å². The largest absolute Gasteiger partial charge is 0.309 e. The molecular weight excluding hydrogens is 395 g/mol. The standard InChI is InChI=1S/C20H25FN4O3S/c1-13(2)24-11-9-16-17(12-24)22-19(23-20(16)26)18-4-3-10-25(18)29(27,28)15-7-5-14(21)6-8-15/h5-8,13,18H,3-4,9-12H2,1-2H3,(H,22,23,26)/t18-/m0/s1. The zero-order valence-electron chi connectivity index (χ0n) is 16.6. The fourth-order valence-electron chi connectivity index (χ4n) is 4.12. The Kier molecular flexibility index (Phi) is 5.30. The highest BCUT2D eigenvalue weighted by Crippen LogP contribution is 2.35. The minimum Gasteiger partial charge on any atom is -0.309 e. The molecule has 1 aromatic heterocycles. The molecule has 1 N–H and O–H groups in total. The summed E-state index contributed by atoms with van der Waals surface area (Å²) in [6, 6.07) is 4.62. The summed E-state index contributed by atoms with van der Waals surface area (Å²) in [5.74, 6) is -0.0974. The number of fused-ring (bicyclic) bond motifs is 1. The molecule has 0 amide bonds. The molecule has 0 spiro atoms. The van der Waals surface area contributed by atoms with Gasteiger partial charge in [-0.15, -0.1) is 0 Å². The van der Waals surface area contributed by atoms with Crippen molar-refractivity contribution < 1.29 is 12.8 Å². The molecule has 9 heteroatoms. The van der Waals surface area contributed by atoms with Gasteiger partial charge in [0.25, 0.3) is 5.56 Å². The highest BCUT2D eigenvalue weighted by molar-refractivity contribution is 7.89. The first kappa shape index (κ1) is 20.2. The Morgan fingerprint density at radius 2 is 1.93 bits per heavy atom. The van der Waals surface area contributed by atoms with Gasteiger partial charge in [0.15, 0.2) is 0 Å². The number of nitrogens with one attached hydrogen (secondary N) is 1. The Labute approximate surface area is 169 Å². The Balaban J connectivity index is 1.69. The van der Waals surface area contributed by atoms with Gasteiger partial charge in [-0.2, -0.15) is 4.31 Å². The number of nitrogens with zero attached hydrogens (tertiary/aromatic N) is 3. The van der Waals surface area contributed by atoms with E-state index in [1.54, 1.807) is 0 Å². The van der Waals surface area contributed by atoms with Crippen molar-refractivity contribution in [2.75, 3.05) is 13.1 Å². The van der Waals surface area contributed by atoms with E-state index in [9.17, 15) is 17.6 Å². The maximum Gasteiger partial charge on any atom is 0.254 e. The molecule has 4 rings (SSSR count). The predicted octanol–water partition coefficient (Wildman–Crippen LogP) is 2.20. The molecule has 0 aliphatic carbocycles. The molecule has 1 fully saturated rings. The van der Waals surface area contributed by atoms with E-state index >= 15 is 0 Å². The van der Waals surface area contributed by atoms with Crippen LogP contribution in [0.2, 0.25) is 0 Å². The van der Waals surface area contributed by atoms with Crippen molar-refractivity contribution in [3.8, 4) is 0 Å². The van der Waals surface area contributed by atoms with Crippen molar-refractivity contribution >= 4 is 10.0 Å². The lowest BCUT2D eigenvalue weighted by molar-refractivity contribution is 0.198. The van der Waals surface area contributed by atoms with Gasteiger partial charge in [-0.3, -0.25) is 9.69 Å². The van der Waals surface area contributed by atoms with Gasteiger partial charge in [0.05, 0.1) is 16.6 Å². The smallest absolute Gasteiger partial charge is 0.254 e. The Morgan fingerprint density at radius 3 is 2.62 bits per heavy atom. The minimum absolute atomic E-state index is 0.0390. The lowest BCUT2D eigenvalue weighted by Gasteiger charge is -2.31. The van der Waals surface area contributed by atoms with E-state index in [0.717, 1.165) is 24.4 Å². The summed E-state index contributed by atoms with van der Waals surface area (Å²) in [5.41, 5.74) is 1.24. The van der Waals surface area contributed by atoms with Crippen LogP contribution in [-0.4, -0.2) is 46.7 Å². The number of hydrogen-bond donors (Lipinski definition) is 1. The Morgan fingerprint density at radius 1 is 1.21 bits per heavy atom. The van der Waals surface area contributed by atoms with Gasteiger partial charge in [0, 0.05) is 31.2 Å². The average molecular weight is 421 g/mol. The van der Waals surface area contributed by atoms with E-state index in [2.05, 4.69) is 23.7 Å². The Bertz CT molecular complexity index is 1070. The number of aromatic amines is 1. The second kappa shape index (κ2) is 7.62. The van der Waals surface area contributed by atoms with E-state index in [4.69, 9.17) is 4.98 Å². The topological polar surface area (TPSA) is 86.4 Å². The molecule has 156 valence electrons. The van der Waals surface area contributed by atoms with Gasteiger partial charge >= 0.3 is 0 Å². The van der Waals surface area contributed by atoms with Gasteiger partial charge in [-0.05, 0) is 57.4 Å². The highest BCUT2D eigenvalue weighted by Gasteiger charge is 2.38. The van der Waals surface area contributed by atoms with Gasteiger partial charge in [0.1, 0.15) is 11.6 Å². The van der Waals surface area contributed by atoms with Gasteiger partial charge in [-0.25, -0.2) is 17.8 Å². The lowest BCUT2D eigenvalue weighted by atomic mass is 10.0. The summed E-state index contributed by atoms with van der Waals surface area (Å²) in [7, 11) is -3.82. The Hall–Kier alpha value is -2.10. The van der Waals surface area contributed by atoms with Crippen molar-refractivity contribution in [2.45, 2.75) is 56.6 Å². The first-order valence-electron chi connectivity index (χ1n) is 9.91. The molecule has 1 aromatic carbocycles. The zero-order chi connectivity index (χ0) is 20.8. The maximum absolute atomic E-state index is 13.2. The van der Waals surface area contributed by atoms with Crippen molar-refractivity contribution in [1.29, 1.82) is 0 Å². The van der Waals surface area contributed by atoms with E-state index in [1.165, 1.54) is 16.4 Å². The third kappa shape index (κ3) is 3.74. The molecule has 0 unspecified atom stereocenters. The number of halogens is 1. The molecule has 0 radical (unpaired) electrons. The van der Waals surface area contributed by atoms with Crippen LogP contribution in [0.25, 0.3) is 0 Å². The molecule has 1 atom stereocenters. The molecule has 2 aromatic rings. The van der Waals surface area contributed by atoms with Crippen LogP contribution in [0.15, 0.2) is 34.0 Å². The first-order valence-corrected chi connectivity index (χ1v) is 11.3. The van der Waals surface area contributed by atoms with Crippen LogP contribution < -0.4 is 5.56 Å². The number of aromatic nitrogens is 2. The van der Waals surface area contributed by atoms with Crippen LogP contribution in [0.5, 0.6) is 0 Å². The molecule has 7 nitrogen and oxygen atoms in total. The van der Waals surface area contributed by atoms with Crippen molar-refractivity contribution in [2.24, 2.45) is 0 Å². The molecule has 29 heavy (non-hydrogen) atoms. The van der Waals surface area contributed by atoms with Crippen molar-refractivity contribution in [3.05, 3.63) is 57.5 Å². The van der Waals surface area contributed by atoms with Crippen LogP contribution in [-0.2, 0) is 23.0 Å². The number of H-pyrrole nitrogens is 1. The van der Waals surface area contributed by atoms with Crippen molar-refractivity contribution in [1.82, 2.24) is 19.2 Å². The minimum atomic E-state index is -3.82. The normalized spacial score (nSPS) is 20.9. The SMILES string of the molecule is CC(C)N1CCc2c(nc([C@@H]3CCCN3S(=O)(=O)c3ccc(F)cc3)[nH]c2=O)C1. The monoisotopic (exact) mass is 420 g/mol. The van der Waals surface area contributed by atoms with E-state index in [1.807, 2.05) is 0 Å². The molecule has 0 saturated carbocycles.